The number of rotatable bonds is 7. The van der Waals surface area contributed by atoms with Gasteiger partial charge in [-0.1, -0.05) is 6.08 Å². The van der Waals surface area contributed by atoms with Gasteiger partial charge in [0, 0.05) is 30.8 Å². The molecule has 0 heterocycles. The third-order valence-electron chi connectivity index (χ3n) is 2.44. The smallest absolute Gasteiger partial charge is 0.251 e. The predicted molar refractivity (Wildman–Crippen MR) is 76.1 cm³/mol. The molecular formula is C14H19N3O2. The van der Waals surface area contributed by atoms with E-state index < -0.39 is 0 Å². The molecule has 2 amide bonds. The highest BCUT2D eigenvalue weighted by molar-refractivity contribution is 5.95. The molecule has 5 nitrogen and oxygen atoms in total. The Kier molecular flexibility index (Phi) is 6.32. The van der Waals surface area contributed by atoms with Crippen molar-refractivity contribution < 1.29 is 9.59 Å². The fourth-order valence-corrected chi connectivity index (χ4v) is 1.43. The lowest BCUT2D eigenvalue weighted by molar-refractivity contribution is -0.116. The number of benzene rings is 1. The molecule has 1 aromatic carbocycles. The normalized spacial score (nSPS) is 9.74. The molecule has 0 saturated carbocycles. The van der Waals surface area contributed by atoms with E-state index in [4.69, 9.17) is 0 Å². The van der Waals surface area contributed by atoms with E-state index in [1.807, 2.05) is 0 Å². The number of carbonyl (C=O) groups excluding carboxylic acids is 2. The third-order valence-corrected chi connectivity index (χ3v) is 2.44. The Hall–Kier alpha value is -2.14. The Morgan fingerprint density at radius 2 is 1.95 bits per heavy atom. The first-order valence-electron chi connectivity index (χ1n) is 6.11. The van der Waals surface area contributed by atoms with E-state index in [0.29, 0.717) is 30.8 Å². The van der Waals surface area contributed by atoms with Crippen LogP contribution in [-0.2, 0) is 4.79 Å². The zero-order chi connectivity index (χ0) is 14.1. The van der Waals surface area contributed by atoms with Crippen LogP contribution in [-0.4, -0.2) is 32.0 Å². The molecule has 1 rings (SSSR count). The van der Waals surface area contributed by atoms with Gasteiger partial charge in [-0.25, -0.2) is 0 Å². The average Bonchev–Trinajstić information content (AvgIpc) is 2.43. The molecule has 5 heteroatoms. The van der Waals surface area contributed by atoms with Crippen molar-refractivity contribution in [3.8, 4) is 0 Å². The lowest BCUT2D eigenvalue weighted by atomic mass is 10.2. The number of hydrogen-bond acceptors (Lipinski definition) is 3. The second-order valence-corrected chi connectivity index (χ2v) is 3.98. The first-order chi connectivity index (χ1) is 9.17. The Bertz CT molecular complexity index is 441. The van der Waals surface area contributed by atoms with Gasteiger partial charge in [-0.2, -0.15) is 0 Å². The van der Waals surface area contributed by atoms with Gasteiger partial charge >= 0.3 is 0 Å². The molecule has 0 radical (unpaired) electrons. The van der Waals surface area contributed by atoms with E-state index in [0.717, 1.165) is 0 Å². The summed E-state index contributed by atoms with van der Waals surface area (Å²) in [5.74, 6) is -0.217. The number of hydrogen-bond donors (Lipinski definition) is 3. The van der Waals surface area contributed by atoms with Crippen LogP contribution in [0.5, 0.6) is 0 Å². The quantitative estimate of drug-likeness (QED) is 0.645. The second-order valence-electron chi connectivity index (χ2n) is 3.98. The van der Waals surface area contributed by atoms with E-state index in [-0.39, 0.29) is 11.8 Å². The minimum atomic E-state index is -0.159. The highest BCUT2D eigenvalue weighted by Gasteiger charge is 2.05. The Balaban J connectivity index is 2.53. The average molecular weight is 261 g/mol. The molecule has 19 heavy (non-hydrogen) atoms. The SMILES string of the molecule is C=CCNC(=O)c1ccc(NC(=O)CCNC)cc1. The highest BCUT2D eigenvalue weighted by Crippen LogP contribution is 2.09. The van der Waals surface area contributed by atoms with Crippen molar-refractivity contribution in [2.45, 2.75) is 6.42 Å². The molecule has 0 aromatic heterocycles. The summed E-state index contributed by atoms with van der Waals surface area (Å²) < 4.78 is 0. The molecule has 0 aliphatic carbocycles. The van der Waals surface area contributed by atoms with Crippen LogP contribution in [0.3, 0.4) is 0 Å². The maximum atomic E-state index is 11.6. The number of amides is 2. The summed E-state index contributed by atoms with van der Waals surface area (Å²) in [7, 11) is 1.80. The molecule has 0 unspecified atom stereocenters. The van der Waals surface area contributed by atoms with Crippen molar-refractivity contribution in [1.82, 2.24) is 10.6 Å². The maximum Gasteiger partial charge on any atom is 0.251 e. The van der Waals surface area contributed by atoms with Gasteiger partial charge in [0.1, 0.15) is 0 Å². The number of carbonyl (C=O) groups is 2. The number of nitrogens with one attached hydrogen (secondary N) is 3. The standard InChI is InChI=1S/C14H19N3O2/c1-3-9-16-14(19)11-4-6-12(7-5-11)17-13(18)8-10-15-2/h3-7,15H,1,8-10H2,2H3,(H,16,19)(H,17,18). The summed E-state index contributed by atoms with van der Waals surface area (Å²) in [6.07, 6.45) is 2.03. The molecular weight excluding hydrogens is 242 g/mol. The van der Waals surface area contributed by atoms with E-state index in [1.165, 1.54) is 0 Å². The lowest BCUT2D eigenvalue weighted by Crippen LogP contribution is -2.23. The van der Waals surface area contributed by atoms with E-state index in [9.17, 15) is 9.59 Å². The van der Waals surface area contributed by atoms with Crippen molar-refractivity contribution >= 4 is 17.5 Å². The summed E-state index contributed by atoms with van der Waals surface area (Å²) >= 11 is 0. The molecule has 0 fully saturated rings. The summed E-state index contributed by atoms with van der Waals surface area (Å²) in [4.78, 5) is 23.1. The molecule has 0 saturated heterocycles. The first-order valence-corrected chi connectivity index (χ1v) is 6.11. The van der Waals surface area contributed by atoms with Crippen molar-refractivity contribution in [2.75, 3.05) is 25.5 Å². The summed E-state index contributed by atoms with van der Waals surface area (Å²) in [6.45, 7) is 4.59. The lowest BCUT2D eigenvalue weighted by Gasteiger charge is -2.06. The Labute approximate surface area is 113 Å². The van der Waals surface area contributed by atoms with E-state index in [2.05, 4.69) is 22.5 Å². The van der Waals surface area contributed by atoms with Gasteiger partial charge in [0.05, 0.1) is 0 Å². The molecule has 0 atom stereocenters. The van der Waals surface area contributed by atoms with Crippen LogP contribution in [0.15, 0.2) is 36.9 Å². The third kappa shape index (κ3) is 5.35. The monoisotopic (exact) mass is 261 g/mol. The first kappa shape index (κ1) is 14.9. The zero-order valence-corrected chi connectivity index (χ0v) is 11.0. The van der Waals surface area contributed by atoms with E-state index in [1.54, 1.807) is 37.4 Å². The predicted octanol–water partition coefficient (Wildman–Crippen LogP) is 1.15. The number of anilines is 1. The van der Waals surface area contributed by atoms with Crippen molar-refractivity contribution in [1.29, 1.82) is 0 Å². The van der Waals surface area contributed by atoms with Crippen LogP contribution >= 0.6 is 0 Å². The Morgan fingerprint density at radius 1 is 1.26 bits per heavy atom. The van der Waals surface area contributed by atoms with Crippen LogP contribution < -0.4 is 16.0 Å². The van der Waals surface area contributed by atoms with Crippen LogP contribution in [0, 0.1) is 0 Å². The largest absolute Gasteiger partial charge is 0.349 e. The van der Waals surface area contributed by atoms with Crippen LogP contribution in [0.4, 0.5) is 5.69 Å². The molecule has 102 valence electrons. The van der Waals surface area contributed by atoms with Crippen molar-refractivity contribution in [2.24, 2.45) is 0 Å². The fourth-order valence-electron chi connectivity index (χ4n) is 1.43. The van der Waals surface area contributed by atoms with Gasteiger partial charge in [-0.15, -0.1) is 6.58 Å². The maximum absolute atomic E-state index is 11.6. The fraction of sp³-hybridized carbons (Fsp3) is 0.286. The van der Waals surface area contributed by atoms with Gasteiger partial charge in [0.15, 0.2) is 0 Å². The zero-order valence-electron chi connectivity index (χ0n) is 11.0. The molecule has 0 aliphatic rings. The van der Waals surface area contributed by atoms with Gasteiger partial charge in [-0.05, 0) is 31.3 Å². The summed E-state index contributed by atoms with van der Waals surface area (Å²) in [5.41, 5.74) is 1.23. The molecule has 3 N–H and O–H groups in total. The highest BCUT2D eigenvalue weighted by atomic mass is 16.2. The Morgan fingerprint density at radius 3 is 2.53 bits per heavy atom. The van der Waals surface area contributed by atoms with Gasteiger partial charge in [0.2, 0.25) is 5.91 Å². The minimum Gasteiger partial charge on any atom is -0.349 e. The van der Waals surface area contributed by atoms with E-state index >= 15 is 0 Å². The second kappa shape index (κ2) is 8.05. The summed E-state index contributed by atoms with van der Waals surface area (Å²) in [5, 5.41) is 8.35. The molecule has 0 bridgehead atoms. The van der Waals surface area contributed by atoms with Crippen LogP contribution in [0.2, 0.25) is 0 Å². The molecule has 1 aromatic rings. The summed E-state index contributed by atoms with van der Waals surface area (Å²) in [6, 6.07) is 6.76. The minimum absolute atomic E-state index is 0.0572. The van der Waals surface area contributed by atoms with Gasteiger partial charge in [0.25, 0.3) is 5.91 Å². The van der Waals surface area contributed by atoms with Gasteiger partial charge < -0.3 is 16.0 Å². The van der Waals surface area contributed by atoms with Gasteiger partial charge in [-0.3, -0.25) is 9.59 Å². The van der Waals surface area contributed by atoms with Crippen LogP contribution in [0.25, 0.3) is 0 Å². The van der Waals surface area contributed by atoms with Crippen LogP contribution in [0.1, 0.15) is 16.8 Å². The van der Waals surface area contributed by atoms with Crippen molar-refractivity contribution in [3.05, 3.63) is 42.5 Å². The topological polar surface area (TPSA) is 70.2 Å². The molecule has 0 spiro atoms. The molecule has 0 aliphatic heterocycles. The van der Waals surface area contributed by atoms with Crippen molar-refractivity contribution in [3.63, 3.8) is 0 Å².